The lowest BCUT2D eigenvalue weighted by molar-refractivity contribution is -0.141. The molecule has 0 spiro atoms. The number of nitrogens with zero attached hydrogens (tertiary/aromatic N) is 1. The van der Waals surface area contributed by atoms with E-state index in [0.29, 0.717) is 13.0 Å². The van der Waals surface area contributed by atoms with E-state index in [0.717, 1.165) is 30.5 Å². The van der Waals surface area contributed by atoms with Gasteiger partial charge in [-0.3, -0.25) is 9.52 Å². The monoisotopic (exact) mass is 506 g/mol. The number of carbonyl (C=O) groups excluding carboxylic acids is 1. The Kier molecular flexibility index (Phi) is 8.59. The number of anilines is 2. The average Bonchev–Trinajstić information content (AvgIpc) is 2.72. The van der Waals surface area contributed by atoms with Crippen molar-refractivity contribution in [2.75, 3.05) is 22.8 Å². The van der Waals surface area contributed by atoms with Gasteiger partial charge < -0.3 is 10.6 Å². The molecule has 1 aromatic heterocycles. The van der Waals surface area contributed by atoms with Crippen molar-refractivity contribution in [2.45, 2.75) is 32.5 Å². The second kappa shape index (κ2) is 10.8. The van der Waals surface area contributed by atoms with Gasteiger partial charge in [0.05, 0.1) is 12.3 Å². The molecule has 3 N–H and O–H groups in total. The van der Waals surface area contributed by atoms with E-state index in [4.69, 9.17) is 0 Å². The van der Waals surface area contributed by atoms with Crippen LogP contribution in [-0.4, -0.2) is 32.1 Å². The SMILES string of the molecule is CCCNc1nc(C(F)(F)F)ccc1/C=C/C(=O)N[C@H](C)c1cc(F)c(NS(C)(=O)=O)c(F)c1. The third kappa shape index (κ3) is 7.68. The average molecular weight is 506 g/mol. The number of sulfonamides is 1. The van der Waals surface area contributed by atoms with Gasteiger partial charge in [-0.05, 0) is 49.2 Å². The highest BCUT2D eigenvalue weighted by molar-refractivity contribution is 7.92. The van der Waals surface area contributed by atoms with Gasteiger partial charge in [-0.25, -0.2) is 22.2 Å². The molecule has 0 unspecified atom stereocenters. The summed E-state index contributed by atoms with van der Waals surface area (Å²) in [5.74, 6) is -3.07. The number of hydrogen-bond donors (Lipinski definition) is 3. The smallest absolute Gasteiger partial charge is 0.370 e. The fraction of sp³-hybridized carbons (Fsp3) is 0.333. The van der Waals surface area contributed by atoms with Crippen molar-refractivity contribution in [3.8, 4) is 0 Å². The molecule has 2 aromatic rings. The number of hydrogen-bond acceptors (Lipinski definition) is 5. The number of carbonyl (C=O) groups is 1. The maximum Gasteiger partial charge on any atom is 0.433 e. The van der Waals surface area contributed by atoms with Gasteiger partial charge in [0.1, 0.15) is 17.2 Å². The fourth-order valence-corrected chi connectivity index (χ4v) is 3.35. The molecule has 1 heterocycles. The molecule has 2 rings (SSSR count). The minimum absolute atomic E-state index is 0.0253. The zero-order valence-electron chi connectivity index (χ0n) is 18.4. The Morgan fingerprint density at radius 2 is 1.79 bits per heavy atom. The van der Waals surface area contributed by atoms with E-state index < -0.39 is 51.2 Å². The van der Waals surface area contributed by atoms with Gasteiger partial charge in [0.25, 0.3) is 0 Å². The number of rotatable bonds is 9. The lowest BCUT2D eigenvalue weighted by Crippen LogP contribution is -2.25. The van der Waals surface area contributed by atoms with Crippen LogP contribution in [0.4, 0.5) is 33.5 Å². The Hall–Kier alpha value is -3.22. The van der Waals surface area contributed by atoms with Crippen LogP contribution < -0.4 is 15.4 Å². The van der Waals surface area contributed by atoms with Crippen LogP contribution in [0.3, 0.4) is 0 Å². The van der Waals surface area contributed by atoms with Gasteiger partial charge in [0.2, 0.25) is 15.9 Å². The highest BCUT2D eigenvalue weighted by Gasteiger charge is 2.33. The normalized spacial score (nSPS) is 13.1. The predicted octanol–water partition coefficient (Wildman–Crippen LogP) is 4.46. The summed E-state index contributed by atoms with van der Waals surface area (Å²) in [5.41, 5.74) is -1.67. The molecular weight excluding hydrogens is 483 g/mol. The third-order valence-electron chi connectivity index (χ3n) is 4.38. The Labute approximate surface area is 193 Å². The van der Waals surface area contributed by atoms with Crippen molar-refractivity contribution in [3.05, 3.63) is 58.8 Å². The largest absolute Gasteiger partial charge is 0.433 e. The van der Waals surface area contributed by atoms with Gasteiger partial charge in [-0.2, -0.15) is 13.2 Å². The van der Waals surface area contributed by atoms with Gasteiger partial charge in [0, 0.05) is 18.2 Å². The molecule has 0 saturated carbocycles. The molecule has 0 aliphatic rings. The number of aromatic nitrogens is 1. The summed E-state index contributed by atoms with van der Waals surface area (Å²) >= 11 is 0. The quantitative estimate of drug-likeness (QED) is 0.345. The molecule has 34 heavy (non-hydrogen) atoms. The van der Waals surface area contributed by atoms with Crippen LogP contribution in [0.5, 0.6) is 0 Å². The number of halogens is 5. The van der Waals surface area contributed by atoms with E-state index in [1.165, 1.54) is 19.1 Å². The van der Waals surface area contributed by atoms with E-state index in [-0.39, 0.29) is 16.9 Å². The van der Waals surface area contributed by atoms with Crippen molar-refractivity contribution >= 4 is 33.5 Å². The zero-order valence-corrected chi connectivity index (χ0v) is 19.2. The number of benzene rings is 1. The molecule has 0 saturated heterocycles. The van der Waals surface area contributed by atoms with E-state index in [9.17, 15) is 35.2 Å². The molecule has 0 bridgehead atoms. The second-order valence-corrected chi connectivity index (χ2v) is 9.10. The summed E-state index contributed by atoms with van der Waals surface area (Å²) in [4.78, 5) is 15.8. The molecular formula is C21H23F5N4O3S. The van der Waals surface area contributed by atoms with Crippen molar-refractivity contribution in [1.82, 2.24) is 10.3 Å². The highest BCUT2D eigenvalue weighted by Crippen LogP contribution is 2.30. The summed E-state index contributed by atoms with van der Waals surface area (Å²) in [7, 11) is -3.91. The van der Waals surface area contributed by atoms with Crippen molar-refractivity contribution in [2.24, 2.45) is 0 Å². The van der Waals surface area contributed by atoms with Crippen LogP contribution in [0.2, 0.25) is 0 Å². The molecule has 186 valence electrons. The van der Waals surface area contributed by atoms with Gasteiger partial charge in [0.15, 0.2) is 11.6 Å². The maximum atomic E-state index is 14.2. The zero-order chi connectivity index (χ0) is 25.7. The summed E-state index contributed by atoms with van der Waals surface area (Å²) in [5, 5.41) is 5.24. The summed E-state index contributed by atoms with van der Waals surface area (Å²) < 4.78 is 91.4. The van der Waals surface area contributed by atoms with E-state index in [1.807, 2.05) is 6.92 Å². The third-order valence-corrected chi connectivity index (χ3v) is 4.96. The number of nitrogens with one attached hydrogen (secondary N) is 3. The Morgan fingerprint density at radius 1 is 1.18 bits per heavy atom. The summed E-state index contributed by atoms with van der Waals surface area (Å²) in [6.45, 7) is 3.62. The van der Waals surface area contributed by atoms with Crippen LogP contribution in [-0.2, 0) is 21.0 Å². The molecule has 0 radical (unpaired) electrons. The molecule has 0 aliphatic heterocycles. The molecule has 1 amide bonds. The molecule has 7 nitrogen and oxygen atoms in total. The van der Waals surface area contributed by atoms with Crippen molar-refractivity contribution in [3.63, 3.8) is 0 Å². The predicted molar refractivity (Wildman–Crippen MR) is 118 cm³/mol. The highest BCUT2D eigenvalue weighted by atomic mass is 32.2. The van der Waals surface area contributed by atoms with Gasteiger partial charge in [-0.15, -0.1) is 0 Å². The molecule has 1 aromatic carbocycles. The topological polar surface area (TPSA) is 100 Å². The first-order valence-corrected chi connectivity index (χ1v) is 11.9. The fourth-order valence-electron chi connectivity index (χ4n) is 2.78. The standard InChI is InChI=1S/C21H23F5N4O3S/c1-4-9-27-20-13(5-7-17(29-20)21(24,25)26)6-8-18(31)28-12(2)14-10-15(22)19(16(23)11-14)30-34(3,32)33/h5-8,10-12,30H,4,9H2,1-3H3,(H,27,29)(H,28,31)/b8-6+/t12-/m1/s1. The molecule has 0 aliphatic carbocycles. The van der Waals surface area contributed by atoms with E-state index >= 15 is 0 Å². The molecule has 1 atom stereocenters. The lowest BCUT2D eigenvalue weighted by Gasteiger charge is -2.15. The summed E-state index contributed by atoms with van der Waals surface area (Å²) in [6.07, 6.45) is -0.957. The summed E-state index contributed by atoms with van der Waals surface area (Å²) in [6, 6.07) is 2.82. The lowest BCUT2D eigenvalue weighted by atomic mass is 10.1. The maximum absolute atomic E-state index is 14.2. The van der Waals surface area contributed by atoms with Crippen molar-refractivity contribution < 1.29 is 35.2 Å². The van der Waals surface area contributed by atoms with Gasteiger partial charge >= 0.3 is 6.18 Å². The first-order chi connectivity index (χ1) is 15.7. The second-order valence-electron chi connectivity index (χ2n) is 7.36. The van der Waals surface area contributed by atoms with Crippen molar-refractivity contribution in [1.29, 1.82) is 0 Å². The van der Waals surface area contributed by atoms with Crippen LogP contribution in [0.25, 0.3) is 6.08 Å². The first-order valence-electron chi connectivity index (χ1n) is 9.98. The minimum Gasteiger partial charge on any atom is -0.370 e. The van der Waals surface area contributed by atoms with Gasteiger partial charge in [-0.1, -0.05) is 6.92 Å². The van der Waals surface area contributed by atoms with E-state index in [2.05, 4.69) is 15.6 Å². The van der Waals surface area contributed by atoms with Crippen LogP contribution in [0, 0.1) is 11.6 Å². The van der Waals surface area contributed by atoms with E-state index in [1.54, 1.807) is 4.72 Å². The Morgan fingerprint density at radius 3 is 2.32 bits per heavy atom. The van der Waals surface area contributed by atoms with Crippen LogP contribution >= 0.6 is 0 Å². The van der Waals surface area contributed by atoms with Crippen LogP contribution in [0.1, 0.15) is 43.1 Å². The molecule has 13 heteroatoms. The van der Waals surface area contributed by atoms with Crippen LogP contribution in [0.15, 0.2) is 30.3 Å². The Bertz CT molecular complexity index is 1160. The number of alkyl halides is 3. The molecule has 0 fully saturated rings. The first kappa shape index (κ1) is 27.0. The Balaban J connectivity index is 2.18. The number of amides is 1. The minimum atomic E-state index is -4.63. The number of pyridine rings is 1.